The summed E-state index contributed by atoms with van der Waals surface area (Å²) in [6.45, 7) is 29.4. The van der Waals surface area contributed by atoms with Crippen LogP contribution in [0.2, 0.25) is 0 Å². The summed E-state index contributed by atoms with van der Waals surface area (Å²) in [4.78, 5) is 124. The van der Waals surface area contributed by atoms with Crippen molar-refractivity contribution < 1.29 is 62.6 Å². The van der Waals surface area contributed by atoms with Gasteiger partial charge < -0.3 is 24.6 Å². The number of nitrogens with zero attached hydrogens (tertiary/aromatic N) is 5. The molecule has 1 aliphatic carbocycles. The molecular weight excluding hydrogens is 1550 g/mol. The second-order valence-corrected chi connectivity index (χ2v) is 37.9. The molecule has 0 saturated carbocycles. The number of aliphatic hydroxyl groups is 1. The molecule has 17 rings (SSSR count). The first kappa shape index (κ1) is 83.9. The summed E-state index contributed by atoms with van der Waals surface area (Å²) in [5, 5.41) is 29.1. The van der Waals surface area contributed by atoms with Crippen LogP contribution in [0.4, 0.5) is 11.4 Å². The molecule has 0 fully saturated rings. The van der Waals surface area contributed by atoms with E-state index in [0.717, 1.165) is 180 Å². The number of unbranched alkanes of at least 4 members (excludes halogenated alkanes) is 15. The van der Waals surface area contributed by atoms with E-state index in [9.17, 15) is 24.6 Å². The van der Waals surface area contributed by atoms with Gasteiger partial charge in [0, 0.05) is 97.5 Å². The van der Waals surface area contributed by atoms with E-state index in [-0.39, 0.29) is 107 Å². The Labute approximate surface area is 725 Å². The van der Waals surface area contributed by atoms with Gasteiger partial charge in [-0.1, -0.05) is 227 Å². The molecule has 0 aromatic heterocycles. The number of carboxylic acid groups (broad SMARTS) is 1. The number of benzene rings is 11. The molecule has 2 N–H and O–H groups in total. The Balaban J connectivity index is 0.800. The van der Waals surface area contributed by atoms with Crippen molar-refractivity contribution in [1.29, 1.82) is 0 Å². The third kappa shape index (κ3) is 14.1. The second kappa shape index (κ2) is 32.4. The number of imide groups is 3. The van der Waals surface area contributed by atoms with Crippen molar-refractivity contribution in [3.8, 4) is 34.1 Å². The Morgan fingerprint density at radius 3 is 1.40 bits per heavy atom. The number of allylic oxidation sites excluding steroid dienone is 5. The van der Waals surface area contributed by atoms with Gasteiger partial charge in [-0.25, -0.2) is 4.79 Å². The van der Waals surface area contributed by atoms with Crippen LogP contribution in [0.3, 0.4) is 0 Å². The van der Waals surface area contributed by atoms with Gasteiger partial charge in [0.2, 0.25) is 11.5 Å². The number of ketones is 1. The highest BCUT2D eigenvalue weighted by Gasteiger charge is 2.51. The van der Waals surface area contributed by atoms with Crippen LogP contribution < -0.4 is 14.4 Å². The fraction of sp³-hybridized carbons (Fsp3) is 0.355. The fourth-order valence-corrected chi connectivity index (χ4v) is 20.0. The van der Waals surface area contributed by atoms with Crippen LogP contribution in [0.5, 0.6) is 23.0 Å². The molecule has 0 atom stereocenters. The molecule has 0 saturated heterocycles. The largest absolute Gasteiger partial charge is 0.506 e. The minimum atomic E-state index is -1.01. The van der Waals surface area contributed by atoms with Crippen molar-refractivity contribution in [2.75, 3.05) is 24.5 Å². The number of rotatable bonds is 30. The maximum absolute atomic E-state index is 16.3. The maximum atomic E-state index is 16.3. The molecule has 11 aromatic carbocycles. The molecule has 17 heteroatoms. The topological polar surface area (TPSA) is 211 Å². The summed E-state index contributed by atoms with van der Waals surface area (Å²) in [5.74, 6) is -5.01. The zero-order chi connectivity index (χ0) is 87.5. The molecule has 0 bridgehead atoms. The number of aliphatic hydroxyl groups excluding tert-OH is 1. The van der Waals surface area contributed by atoms with Crippen LogP contribution in [0.1, 0.15) is 300 Å². The van der Waals surface area contributed by atoms with E-state index >= 15 is 24.0 Å². The van der Waals surface area contributed by atoms with Crippen molar-refractivity contribution in [2.45, 2.75) is 227 Å². The van der Waals surface area contributed by atoms with Gasteiger partial charge in [-0.15, -0.1) is 0 Å². The molecule has 0 unspecified atom stereocenters. The van der Waals surface area contributed by atoms with Crippen molar-refractivity contribution in [3.05, 3.63) is 248 Å². The number of fused-ring (bicyclic) bond motifs is 4. The second-order valence-electron chi connectivity index (χ2n) is 37.9. The average Bonchev–Trinajstić information content (AvgIpc) is 0.825. The molecule has 17 nitrogen and oxygen atoms in total. The number of ether oxygens (including phenoxy) is 2. The minimum absolute atomic E-state index is 0.0322. The predicted octanol–water partition coefficient (Wildman–Crippen LogP) is 25.3. The number of amides is 6. The van der Waals surface area contributed by atoms with Crippen molar-refractivity contribution >= 4 is 118 Å². The summed E-state index contributed by atoms with van der Waals surface area (Å²) < 4.78 is 16.7. The van der Waals surface area contributed by atoms with Gasteiger partial charge in [-0.05, 0) is 184 Å². The van der Waals surface area contributed by atoms with E-state index in [1.165, 1.54) is 35.6 Å². The molecule has 0 spiro atoms. The Kier molecular flexibility index (Phi) is 21.9. The summed E-state index contributed by atoms with van der Waals surface area (Å²) in [6.07, 6.45) is 22.4. The number of carbonyl (C=O) groups excluding carboxylic acids is 7. The van der Waals surface area contributed by atoms with Crippen molar-refractivity contribution in [2.24, 2.45) is 0 Å². The van der Waals surface area contributed by atoms with Gasteiger partial charge in [0.05, 0.1) is 44.4 Å². The predicted molar refractivity (Wildman–Crippen MR) is 491 cm³/mol. The number of anilines is 1. The molecule has 634 valence electrons. The number of hydrogen-bond acceptors (Lipinski definition) is 12. The Morgan fingerprint density at radius 2 is 0.887 bits per heavy atom. The number of carboxylic acids is 1. The lowest BCUT2D eigenvalue weighted by molar-refractivity contribution is -0.438. The first-order chi connectivity index (χ1) is 59.4. The van der Waals surface area contributed by atoms with Crippen LogP contribution in [-0.2, 0) is 26.5 Å². The number of carbonyl (C=O) groups is 8. The Bertz CT molecular complexity index is 6290. The van der Waals surface area contributed by atoms with Crippen LogP contribution in [0, 0.1) is 0 Å². The van der Waals surface area contributed by atoms with E-state index in [1.54, 1.807) is 24.3 Å². The maximum Gasteiger partial charge on any atom is 0.335 e. The highest BCUT2D eigenvalue weighted by molar-refractivity contribution is 6.42. The zero-order valence-corrected chi connectivity index (χ0v) is 73.7. The molecule has 5 heterocycles. The normalized spacial score (nSPS) is 16.7. The standard InChI is InChI=1S/C107H109N5O12/c1-14-17-20-23-26-29-53-108-82-51-35-62(56-80(82)106(10,11)86(108)60-78-95(113)79(96(78)114)61-87-107(12,13)81-57-63(103(121)122)36-52-83(81)109(87)54-30-27-24-21-18-15-2)68-45-46-71-88-69(68)33-32-34-70(88)92-84(123-66-41-37-64(38-42-66)104(4,5)6)58-76-91-77(59-85(93(71)94(91)92)124-67-43-39-65(40-44-67)105(7,8)9)102(120)112(101(76)119)111-99(117)74-49-47-72-89-73(48-50-75(90(74)89)100(111)118)98(116)110(97(72)115)55-31-28-25-22-19-16-3/h32-52,56-61H,14-31,53-55H2,1-13H3,(H-,113,114,121,122)/p+1. The van der Waals surface area contributed by atoms with Gasteiger partial charge in [0.1, 0.15) is 35.3 Å². The minimum Gasteiger partial charge on any atom is -0.506 e. The smallest absolute Gasteiger partial charge is 0.335 e. The molecule has 5 aliphatic heterocycles. The number of hydrazine groups is 1. The van der Waals surface area contributed by atoms with E-state index in [2.05, 4.69) is 136 Å². The van der Waals surface area contributed by atoms with E-state index in [1.807, 2.05) is 78.9 Å². The molecule has 124 heavy (non-hydrogen) atoms. The lowest BCUT2D eigenvalue weighted by Gasteiger charge is -2.38. The Hall–Kier alpha value is -12.4. The molecule has 0 radical (unpaired) electrons. The van der Waals surface area contributed by atoms with Gasteiger partial charge >= 0.3 is 5.97 Å². The van der Waals surface area contributed by atoms with Gasteiger partial charge in [-0.2, -0.15) is 14.6 Å². The van der Waals surface area contributed by atoms with Crippen LogP contribution in [0.15, 0.2) is 186 Å². The van der Waals surface area contributed by atoms with Crippen molar-refractivity contribution in [1.82, 2.24) is 14.9 Å². The lowest BCUT2D eigenvalue weighted by atomic mass is 9.77. The van der Waals surface area contributed by atoms with E-state index < -0.39 is 52.2 Å². The summed E-state index contributed by atoms with van der Waals surface area (Å²) in [5.41, 5.74) is 8.34. The van der Waals surface area contributed by atoms with Crippen molar-refractivity contribution in [3.63, 3.8) is 0 Å². The average molecular weight is 1660 g/mol. The summed E-state index contributed by atoms with van der Waals surface area (Å²) in [7, 11) is 0. The first-order valence-electron chi connectivity index (χ1n) is 44.8. The third-order valence-corrected chi connectivity index (χ3v) is 26.9. The Morgan fingerprint density at radius 1 is 0.427 bits per heavy atom. The van der Waals surface area contributed by atoms with Crippen LogP contribution in [0.25, 0.3) is 65.0 Å². The third-order valence-electron chi connectivity index (χ3n) is 26.9. The van der Waals surface area contributed by atoms with E-state index in [4.69, 9.17) is 9.47 Å². The fourth-order valence-electron chi connectivity index (χ4n) is 20.0. The lowest BCUT2D eigenvalue weighted by Crippen LogP contribution is -2.58. The van der Waals surface area contributed by atoms with Gasteiger partial charge in [0.15, 0.2) is 5.71 Å². The SMILES string of the molecule is CCCCCCCCN1C(=O)c2ccc3c4c(ccc(c24)C1=O)C(=O)N(N1C(=O)c2cc(Oc4ccc(C(C)(C)C)cc4)c4c5cccc6c(-c7ccc8c(c7)C(C)(C)/C(=C/C7=C(O)C(=C/C9=[N+](CCCCCCCC)c%10ccc(C(=O)O)cc%10C9(C)C)/C7=O)N8CCCCCCCC)ccc(c7c(Oc8ccc(C(C)(C)C)cc8)cc(c2c47)C1=O)c65)C3=O. The van der Waals surface area contributed by atoms with Gasteiger partial charge in [-0.3, -0.25) is 38.5 Å². The van der Waals surface area contributed by atoms with Crippen LogP contribution >= 0.6 is 0 Å². The number of hydrogen-bond donors (Lipinski definition) is 2. The molecule has 6 amide bonds. The zero-order valence-electron chi connectivity index (χ0n) is 73.7. The monoisotopic (exact) mass is 1660 g/mol. The molecule has 11 aromatic rings. The molecule has 6 aliphatic rings. The van der Waals surface area contributed by atoms with Crippen LogP contribution in [-0.4, -0.2) is 102 Å². The quantitative estimate of drug-likeness (QED) is 0.0107. The number of Topliss-reactive ketones (excluding diaryl/α,β-unsaturated/α-hetero) is 1. The van der Waals surface area contributed by atoms with Gasteiger partial charge in [0.25, 0.3) is 35.4 Å². The number of aromatic carboxylic acids is 1. The molecular formula is C107H110N5O12+. The highest BCUT2D eigenvalue weighted by atomic mass is 16.5. The highest BCUT2D eigenvalue weighted by Crippen LogP contribution is 2.56. The summed E-state index contributed by atoms with van der Waals surface area (Å²) in [6, 6.07) is 46.9. The van der Waals surface area contributed by atoms with E-state index in [0.29, 0.717) is 57.2 Å². The first-order valence-corrected chi connectivity index (χ1v) is 44.8. The summed E-state index contributed by atoms with van der Waals surface area (Å²) >= 11 is 0.